The zero-order valence-electron chi connectivity index (χ0n) is 8.14. The van der Waals surface area contributed by atoms with Gasteiger partial charge in [0.05, 0.1) is 0 Å². The molecule has 1 aromatic rings. The standard InChI is InChI=1S/C11H13BO2/c1-3-5-10-6-7-11(12(13)14)8-9(10)4-2/h3-8,13-14H,2H2,1H3/b5-3-. The van der Waals surface area contributed by atoms with Crippen LogP contribution < -0.4 is 5.46 Å². The Balaban J connectivity index is 3.17. The van der Waals surface area contributed by atoms with Crippen molar-refractivity contribution >= 4 is 24.7 Å². The highest BCUT2D eigenvalue weighted by Gasteiger charge is 2.11. The van der Waals surface area contributed by atoms with Crippen LogP contribution in [-0.4, -0.2) is 17.2 Å². The van der Waals surface area contributed by atoms with Gasteiger partial charge in [0.15, 0.2) is 0 Å². The van der Waals surface area contributed by atoms with Gasteiger partial charge in [-0.25, -0.2) is 0 Å². The zero-order chi connectivity index (χ0) is 10.6. The first-order valence-electron chi connectivity index (χ1n) is 4.44. The lowest BCUT2D eigenvalue weighted by atomic mass is 9.79. The SMILES string of the molecule is C=Cc1cc(B(O)O)ccc1/C=C\C. The highest BCUT2D eigenvalue weighted by molar-refractivity contribution is 6.58. The molecule has 2 nitrogen and oxygen atoms in total. The molecule has 14 heavy (non-hydrogen) atoms. The van der Waals surface area contributed by atoms with Crippen LogP contribution in [0.15, 0.2) is 30.9 Å². The highest BCUT2D eigenvalue weighted by Crippen LogP contribution is 2.10. The molecule has 1 aromatic carbocycles. The van der Waals surface area contributed by atoms with E-state index in [1.807, 2.05) is 25.1 Å². The molecule has 1 rings (SSSR count). The minimum atomic E-state index is -1.42. The van der Waals surface area contributed by atoms with Gasteiger partial charge in [0.2, 0.25) is 0 Å². The minimum Gasteiger partial charge on any atom is -0.423 e. The van der Waals surface area contributed by atoms with Crippen molar-refractivity contribution in [3.63, 3.8) is 0 Å². The zero-order valence-corrected chi connectivity index (χ0v) is 8.14. The molecule has 0 aliphatic carbocycles. The summed E-state index contributed by atoms with van der Waals surface area (Å²) in [5, 5.41) is 17.9. The molecule has 0 aliphatic heterocycles. The maximum atomic E-state index is 8.97. The summed E-state index contributed by atoms with van der Waals surface area (Å²) in [6.07, 6.45) is 5.57. The summed E-state index contributed by atoms with van der Waals surface area (Å²) in [6.45, 7) is 5.61. The topological polar surface area (TPSA) is 40.5 Å². The van der Waals surface area contributed by atoms with E-state index in [1.54, 1.807) is 18.2 Å². The molecule has 0 aliphatic rings. The molecule has 0 fully saturated rings. The molecule has 3 heteroatoms. The van der Waals surface area contributed by atoms with Gasteiger partial charge in [-0.1, -0.05) is 43.0 Å². The van der Waals surface area contributed by atoms with E-state index in [4.69, 9.17) is 10.0 Å². The Labute approximate surface area is 84.4 Å². The molecule has 2 N–H and O–H groups in total. The lowest BCUT2D eigenvalue weighted by Crippen LogP contribution is -2.29. The first kappa shape index (κ1) is 10.8. The van der Waals surface area contributed by atoms with Gasteiger partial charge >= 0.3 is 7.12 Å². The Hall–Kier alpha value is -1.32. The molecule has 0 spiro atoms. The molecular weight excluding hydrogens is 175 g/mol. The van der Waals surface area contributed by atoms with Crippen LogP contribution in [0, 0.1) is 0 Å². The summed E-state index contributed by atoms with van der Waals surface area (Å²) in [4.78, 5) is 0. The first-order chi connectivity index (χ1) is 6.69. The van der Waals surface area contributed by atoms with Gasteiger partial charge in [0.25, 0.3) is 0 Å². The van der Waals surface area contributed by atoms with Gasteiger partial charge < -0.3 is 10.0 Å². The average Bonchev–Trinajstić information content (AvgIpc) is 2.18. The second-order valence-corrected chi connectivity index (χ2v) is 2.97. The molecule has 0 radical (unpaired) electrons. The van der Waals surface area contributed by atoms with Crippen molar-refractivity contribution in [3.8, 4) is 0 Å². The molecule has 0 bridgehead atoms. The van der Waals surface area contributed by atoms with Crippen LogP contribution in [0.25, 0.3) is 12.2 Å². The predicted octanol–water partition coefficient (Wildman–Crippen LogP) is 1.04. The van der Waals surface area contributed by atoms with Gasteiger partial charge in [-0.2, -0.15) is 0 Å². The Morgan fingerprint density at radius 1 is 1.29 bits per heavy atom. The highest BCUT2D eigenvalue weighted by atomic mass is 16.4. The Morgan fingerprint density at radius 3 is 2.50 bits per heavy atom. The Bertz CT molecular complexity index is 356. The fourth-order valence-electron chi connectivity index (χ4n) is 1.26. The molecule has 0 saturated carbocycles. The monoisotopic (exact) mass is 188 g/mol. The van der Waals surface area contributed by atoms with Gasteiger partial charge in [0, 0.05) is 0 Å². The summed E-state index contributed by atoms with van der Waals surface area (Å²) in [5.41, 5.74) is 2.40. The van der Waals surface area contributed by atoms with Gasteiger partial charge in [-0.15, -0.1) is 0 Å². The molecule has 0 aromatic heterocycles. The average molecular weight is 188 g/mol. The van der Waals surface area contributed by atoms with Crippen molar-refractivity contribution in [2.24, 2.45) is 0 Å². The van der Waals surface area contributed by atoms with E-state index in [-0.39, 0.29) is 0 Å². The molecule has 72 valence electrons. The van der Waals surface area contributed by atoms with Crippen LogP contribution in [0.1, 0.15) is 18.1 Å². The second-order valence-electron chi connectivity index (χ2n) is 2.97. The van der Waals surface area contributed by atoms with Crippen LogP contribution >= 0.6 is 0 Å². The Kier molecular flexibility index (Phi) is 3.68. The summed E-state index contributed by atoms with van der Waals surface area (Å²) >= 11 is 0. The van der Waals surface area contributed by atoms with Crippen LogP contribution in [0.3, 0.4) is 0 Å². The Morgan fingerprint density at radius 2 is 2.00 bits per heavy atom. The van der Waals surface area contributed by atoms with E-state index in [1.165, 1.54) is 0 Å². The van der Waals surface area contributed by atoms with Crippen molar-refractivity contribution in [2.75, 3.05) is 0 Å². The summed E-state index contributed by atoms with van der Waals surface area (Å²) in [6, 6.07) is 5.24. The first-order valence-corrected chi connectivity index (χ1v) is 4.44. The number of hydrogen-bond donors (Lipinski definition) is 2. The maximum Gasteiger partial charge on any atom is 0.488 e. The van der Waals surface area contributed by atoms with E-state index in [9.17, 15) is 0 Å². The molecule has 0 unspecified atom stereocenters. The van der Waals surface area contributed by atoms with Crippen molar-refractivity contribution in [1.29, 1.82) is 0 Å². The van der Waals surface area contributed by atoms with Crippen molar-refractivity contribution < 1.29 is 10.0 Å². The van der Waals surface area contributed by atoms with Gasteiger partial charge in [0.1, 0.15) is 0 Å². The lowest BCUT2D eigenvalue weighted by Gasteiger charge is -2.04. The minimum absolute atomic E-state index is 0.480. The largest absolute Gasteiger partial charge is 0.488 e. The third-order valence-electron chi connectivity index (χ3n) is 1.98. The summed E-state index contributed by atoms with van der Waals surface area (Å²) in [7, 11) is -1.42. The van der Waals surface area contributed by atoms with Gasteiger partial charge in [-0.3, -0.25) is 0 Å². The molecule has 0 amide bonds. The van der Waals surface area contributed by atoms with Crippen LogP contribution in [-0.2, 0) is 0 Å². The quantitative estimate of drug-likeness (QED) is 0.695. The fourth-order valence-corrected chi connectivity index (χ4v) is 1.26. The van der Waals surface area contributed by atoms with Crippen molar-refractivity contribution in [2.45, 2.75) is 6.92 Å². The number of benzene rings is 1. The van der Waals surface area contributed by atoms with E-state index in [2.05, 4.69) is 6.58 Å². The summed E-state index contributed by atoms with van der Waals surface area (Å²) in [5.74, 6) is 0. The van der Waals surface area contributed by atoms with Crippen molar-refractivity contribution in [1.82, 2.24) is 0 Å². The normalized spacial score (nSPS) is 10.5. The molecule has 0 heterocycles. The lowest BCUT2D eigenvalue weighted by molar-refractivity contribution is 0.426. The third-order valence-corrected chi connectivity index (χ3v) is 1.98. The van der Waals surface area contributed by atoms with Crippen LogP contribution in [0.5, 0.6) is 0 Å². The second kappa shape index (κ2) is 4.79. The fraction of sp³-hybridized carbons (Fsp3) is 0.0909. The molecule has 0 saturated heterocycles. The smallest absolute Gasteiger partial charge is 0.423 e. The maximum absolute atomic E-state index is 8.97. The van der Waals surface area contributed by atoms with Crippen LogP contribution in [0.2, 0.25) is 0 Å². The van der Waals surface area contributed by atoms with Crippen molar-refractivity contribution in [3.05, 3.63) is 42.0 Å². The van der Waals surface area contributed by atoms with E-state index < -0.39 is 7.12 Å². The van der Waals surface area contributed by atoms with E-state index >= 15 is 0 Å². The number of allylic oxidation sites excluding steroid dienone is 1. The summed E-state index contributed by atoms with van der Waals surface area (Å²) < 4.78 is 0. The van der Waals surface area contributed by atoms with E-state index in [0.29, 0.717) is 5.46 Å². The van der Waals surface area contributed by atoms with Crippen LogP contribution in [0.4, 0.5) is 0 Å². The number of hydrogen-bond acceptors (Lipinski definition) is 2. The third kappa shape index (κ3) is 2.34. The predicted molar refractivity (Wildman–Crippen MR) is 61.1 cm³/mol. The number of rotatable bonds is 3. The molecular formula is C11H13BO2. The molecule has 0 atom stereocenters. The van der Waals surface area contributed by atoms with Gasteiger partial charge in [-0.05, 0) is 23.5 Å². The van der Waals surface area contributed by atoms with E-state index in [0.717, 1.165) is 11.1 Å².